The minimum absolute atomic E-state index is 0.171. The molecule has 7 heteroatoms. The molecule has 1 aromatic carbocycles. The van der Waals surface area contributed by atoms with Gasteiger partial charge < -0.3 is 10.0 Å². The lowest BCUT2D eigenvalue weighted by Gasteiger charge is -2.21. The van der Waals surface area contributed by atoms with Crippen molar-refractivity contribution in [3.63, 3.8) is 0 Å². The average Bonchev–Trinajstić information content (AvgIpc) is 3.07. The Morgan fingerprint density at radius 2 is 1.80 bits per heavy atom. The van der Waals surface area contributed by atoms with Crippen LogP contribution in [0, 0.1) is 5.92 Å². The van der Waals surface area contributed by atoms with Crippen LogP contribution >= 0.6 is 0 Å². The van der Waals surface area contributed by atoms with Crippen LogP contribution in [0.2, 0.25) is 0 Å². The van der Waals surface area contributed by atoms with Gasteiger partial charge in [0.1, 0.15) is 0 Å². The Hall–Kier alpha value is -1.44. The van der Waals surface area contributed by atoms with E-state index in [1.807, 2.05) is 0 Å². The van der Waals surface area contributed by atoms with Crippen LogP contribution in [-0.4, -0.2) is 50.1 Å². The van der Waals surface area contributed by atoms with Crippen LogP contribution in [0.4, 0.5) is 0 Å². The molecular formula is C18H26N2O4S. The predicted molar refractivity (Wildman–Crippen MR) is 94.7 cm³/mol. The number of hydrogen-bond acceptors (Lipinski definition) is 4. The molecule has 0 bridgehead atoms. The van der Waals surface area contributed by atoms with Gasteiger partial charge in [0, 0.05) is 25.2 Å². The number of likely N-dealkylation sites (tertiary alicyclic amines) is 1. The Balaban J connectivity index is 1.61. The highest BCUT2D eigenvalue weighted by Crippen LogP contribution is 2.23. The molecule has 1 aliphatic carbocycles. The minimum Gasteiger partial charge on any atom is -0.391 e. The van der Waals surface area contributed by atoms with Crippen molar-refractivity contribution in [3.8, 4) is 0 Å². The summed E-state index contributed by atoms with van der Waals surface area (Å²) in [4.78, 5) is 14.1. The fraction of sp³-hybridized carbons (Fsp3) is 0.611. The minimum atomic E-state index is -3.54. The summed E-state index contributed by atoms with van der Waals surface area (Å²) in [6.07, 6.45) is 5.88. The molecule has 25 heavy (non-hydrogen) atoms. The number of hydrogen-bond donors (Lipinski definition) is 2. The molecule has 0 radical (unpaired) electrons. The molecule has 1 atom stereocenters. The van der Waals surface area contributed by atoms with Crippen LogP contribution in [0.15, 0.2) is 29.2 Å². The van der Waals surface area contributed by atoms with E-state index in [2.05, 4.69) is 4.72 Å². The van der Waals surface area contributed by atoms with E-state index in [0.29, 0.717) is 37.5 Å². The first-order valence-corrected chi connectivity index (χ1v) is 10.5. The zero-order chi connectivity index (χ0) is 17.9. The van der Waals surface area contributed by atoms with Gasteiger partial charge in [-0.15, -0.1) is 0 Å². The molecule has 1 saturated carbocycles. The van der Waals surface area contributed by atoms with E-state index in [1.165, 1.54) is 31.4 Å². The Kier molecular flexibility index (Phi) is 5.76. The van der Waals surface area contributed by atoms with Crippen molar-refractivity contribution in [3.05, 3.63) is 29.8 Å². The van der Waals surface area contributed by atoms with Gasteiger partial charge in [0.2, 0.25) is 10.0 Å². The smallest absolute Gasteiger partial charge is 0.253 e. The lowest BCUT2D eigenvalue weighted by Crippen LogP contribution is -2.31. The van der Waals surface area contributed by atoms with Crippen LogP contribution in [0.3, 0.4) is 0 Å². The van der Waals surface area contributed by atoms with E-state index in [4.69, 9.17) is 0 Å². The molecule has 3 rings (SSSR count). The molecule has 2 aliphatic rings. The van der Waals surface area contributed by atoms with Crippen LogP contribution in [0.1, 0.15) is 48.9 Å². The summed E-state index contributed by atoms with van der Waals surface area (Å²) in [6, 6.07) is 6.04. The highest BCUT2D eigenvalue weighted by atomic mass is 32.2. The van der Waals surface area contributed by atoms with Crippen molar-refractivity contribution in [2.45, 2.75) is 49.5 Å². The SMILES string of the molecule is O=C(c1ccc(S(=O)(=O)NCC2CCCCC2)cc1)N1CC[C@H](O)C1. The van der Waals surface area contributed by atoms with Gasteiger partial charge >= 0.3 is 0 Å². The third kappa shape index (κ3) is 4.59. The fourth-order valence-corrected chi connectivity index (χ4v) is 4.70. The molecule has 2 fully saturated rings. The highest BCUT2D eigenvalue weighted by molar-refractivity contribution is 7.89. The topological polar surface area (TPSA) is 86.7 Å². The molecule has 0 aromatic heterocycles. The number of carbonyl (C=O) groups is 1. The molecule has 1 aromatic rings. The summed E-state index contributed by atoms with van der Waals surface area (Å²) >= 11 is 0. The second-order valence-electron chi connectivity index (χ2n) is 7.07. The number of benzene rings is 1. The number of nitrogens with one attached hydrogen (secondary N) is 1. The van der Waals surface area contributed by atoms with Crippen molar-refractivity contribution in [1.82, 2.24) is 9.62 Å². The Morgan fingerprint density at radius 1 is 1.12 bits per heavy atom. The molecule has 6 nitrogen and oxygen atoms in total. The number of aliphatic hydroxyl groups is 1. The molecule has 1 aliphatic heterocycles. The maximum atomic E-state index is 12.4. The average molecular weight is 366 g/mol. The maximum Gasteiger partial charge on any atom is 0.253 e. The lowest BCUT2D eigenvalue weighted by molar-refractivity contribution is 0.0765. The first kappa shape index (κ1) is 18.4. The Morgan fingerprint density at radius 3 is 2.40 bits per heavy atom. The van der Waals surface area contributed by atoms with Gasteiger partial charge in [-0.2, -0.15) is 0 Å². The zero-order valence-corrected chi connectivity index (χ0v) is 15.2. The molecule has 0 spiro atoms. The third-order valence-corrected chi connectivity index (χ3v) is 6.59. The lowest BCUT2D eigenvalue weighted by atomic mass is 9.90. The standard InChI is InChI=1S/C18H26N2O4S/c21-16-10-11-20(13-16)18(22)15-6-8-17(9-7-15)25(23,24)19-12-14-4-2-1-3-5-14/h6-9,14,16,19,21H,1-5,10-13H2/t16-/m0/s1. The van der Waals surface area contributed by atoms with Crippen LogP contribution < -0.4 is 4.72 Å². The summed E-state index contributed by atoms with van der Waals surface area (Å²) in [5, 5.41) is 9.53. The van der Waals surface area contributed by atoms with Crippen LogP contribution in [0.25, 0.3) is 0 Å². The number of amides is 1. The first-order chi connectivity index (χ1) is 12.0. The summed E-state index contributed by atoms with van der Waals surface area (Å²) in [5.41, 5.74) is 0.445. The number of nitrogens with zero attached hydrogens (tertiary/aromatic N) is 1. The van der Waals surface area contributed by atoms with Crippen LogP contribution in [-0.2, 0) is 10.0 Å². The molecule has 0 unspecified atom stereocenters. The molecule has 1 heterocycles. The number of β-amino-alcohol motifs (C(OH)–C–C–N with tert-alkyl or cyclic N) is 1. The Labute approximate surface area is 149 Å². The van der Waals surface area contributed by atoms with Gasteiger partial charge in [-0.1, -0.05) is 19.3 Å². The van der Waals surface area contributed by atoms with Gasteiger partial charge in [-0.3, -0.25) is 4.79 Å². The summed E-state index contributed by atoms with van der Waals surface area (Å²) < 4.78 is 27.5. The predicted octanol–water partition coefficient (Wildman–Crippen LogP) is 1.75. The van der Waals surface area contributed by atoms with E-state index < -0.39 is 16.1 Å². The summed E-state index contributed by atoms with van der Waals surface area (Å²) in [6.45, 7) is 1.35. The number of carbonyl (C=O) groups excluding carboxylic acids is 1. The molecular weight excluding hydrogens is 340 g/mol. The second-order valence-corrected chi connectivity index (χ2v) is 8.84. The maximum absolute atomic E-state index is 12.4. The number of rotatable bonds is 5. The van der Waals surface area contributed by atoms with E-state index in [1.54, 1.807) is 17.0 Å². The molecule has 1 amide bonds. The number of sulfonamides is 1. The van der Waals surface area contributed by atoms with Crippen molar-refractivity contribution in [2.24, 2.45) is 5.92 Å². The van der Waals surface area contributed by atoms with Gasteiger partial charge in [0.05, 0.1) is 11.0 Å². The van der Waals surface area contributed by atoms with Gasteiger partial charge in [-0.25, -0.2) is 13.1 Å². The molecule has 138 valence electrons. The first-order valence-electron chi connectivity index (χ1n) is 9.03. The van der Waals surface area contributed by atoms with Gasteiger partial charge in [-0.05, 0) is 49.4 Å². The van der Waals surface area contributed by atoms with Gasteiger partial charge in [0.15, 0.2) is 0 Å². The fourth-order valence-electron chi connectivity index (χ4n) is 3.59. The normalized spacial score (nSPS) is 22.3. The second kappa shape index (κ2) is 7.85. The highest BCUT2D eigenvalue weighted by Gasteiger charge is 2.26. The van der Waals surface area contributed by atoms with E-state index >= 15 is 0 Å². The van der Waals surface area contributed by atoms with Crippen LogP contribution in [0.5, 0.6) is 0 Å². The Bertz CT molecular complexity index is 696. The monoisotopic (exact) mass is 366 g/mol. The van der Waals surface area contributed by atoms with E-state index in [-0.39, 0.29) is 10.8 Å². The van der Waals surface area contributed by atoms with Crippen molar-refractivity contribution >= 4 is 15.9 Å². The number of aliphatic hydroxyl groups excluding tert-OH is 1. The van der Waals surface area contributed by atoms with E-state index in [9.17, 15) is 18.3 Å². The zero-order valence-electron chi connectivity index (χ0n) is 14.4. The third-order valence-electron chi connectivity index (χ3n) is 5.15. The largest absolute Gasteiger partial charge is 0.391 e. The van der Waals surface area contributed by atoms with Crippen molar-refractivity contribution < 1.29 is 18.3 Å². The molecule has 2 N–H and O–H groups in total. The van der Waals surface area contributed by atoms with Crippen molar-refractivity contribution in [1.29, 1.82) is 0 Å². The molecule has 1 saturated heterocycles. The summed E-state index contributed by atoms with van der Waals surface area (Å²) in [5.74, 6) is 0.252. The summed E-state index contributed by atoms with van der Waals surface area (Å²) in [7, 11) is -3.54. The van der Waals surface area contributed by atoms with E-state index in [0.717, 1.165) is 12.8 Å². The quantitative estimate of drug-likeness (QED) is 0.831. The van der Waals surface area contributed by atoms with Crippen molar-refractivity contribution in [2.75, 3.05) is 19.6 Å². The van der Waals surface area contributed by atoms with Gasteiger partial charge in [0.25, 0.3) is 5.91 Å².